The third-order valence-electron chi connectivity index (χ3n) is 4.64. The summed E-state index contributed by atoms with van der Waals surface area (Å²) in [6.45, 7) is 11.4. The highest BCUT2D eigenvalue weighted by Crippen LogP contribution is 2.21. The van der Waals surface area contributed by atoms with Gasteiger partial charge in [-0.15, -0.1) is 24.0 Å². The van der Waals surface area contributed by atoms with Crippen molar-refractivity contribution in [2.45, 2.75) is 40.7 Å². The summed E-state index contributed by atoms with van der Waals surface area (Å²) < 4.78 is 11.3. The molecule has 0 saturated carbocycles. The zero-order valence-electron chi connectivity index (χ0n) is 20.1. The average Bonchev–Trinajstić information content (AvgIpc) is 2.77. The molecule has 33 heavy (non-hydrogen) atoms. The van der Waals surface area contributed by atoms with Gasteiger partial charge in [0, 0.05) is 37.9 Å². The number of anilines is 1. The number of aryl methyl sites for hydroxylation is 1. The molecule has 8 heteroatoms. The molecule has 1 amide bonds. The van der Waals surface area contributed by atoms with Gasteiger partial charge in [0.25, 0.3) is 0 Å². The number of amides is 1. The van der Waals surface area contributed by atoms with Crippen LogP contribution in [-0.2, 0) is 22.5 Å². The summed E-state index contributed by atoms with van der Waals surface area (Å²) in [6.07, 6.45) is 0.848. The Balaban J connectivity index is 0.00000544. The monoisotopic (exact) mass is 568 g/mol. The molecule has 2 rings (SSSR count). The topological polar surface area (TPSA) is 84.0 Å². The Morgan fingerprint density at radius 1 is 1.03 bits per heavy atom. The van der Waals surface area contributed by atoms with Gasteiger partial charge < -0.3 is 25.4 Å². The SMILES string of the molecule is CCNC(=NCc1ccc(C)cc1OCCOCC)NCCc1ccc(NC(C)=O)cc1.I. The zero-order valence-corrected chi connectivity index (χ0v) is 22.4. The summed E-state index contributed by atoms with van der Waals surface area (Å²) >= 11 is 0. The summed E-state index contributed by atoms with van der Waals surface area (Å²) in [5, 5.41) is 9.46. The van der Waals surface area contributed by atoms with Crippen molar-refractivity contribution >= 4 is 41.5 Å². The third-order valence-corrected chi connectivity index (χ3v) is 4.64. The smallest absolute Gasteiger partial charge is 0.221 e. The fourth-order valence-corrected chi connectivity index (χ4v) is 3.07. The van der Waals surface area contributed by atoms with Gasteiger partial charge in [-0.3, -0.25) is 4.79 Å². The Bertz CT molecular complexity index is 872. The molecule has 0 bridgehead atoms. The standard InChI is InChI=1S/C25H36N4O3.HI/c1-5-26-25(27-14-13-21-8-11-23(12-9-21)29-20(4)30)28-18-22-10-7-19(3)17-24(22)32-16-15-31-6-2;/h7-12,17H,5-6,13-16,18H2,1-4H3,(H,29,30)(H2,26,27,28);1H. The normalized spacial score (nSPS) is 10.8. The maximum Gasteiger partial charge on any atom is 0.221 e. The molecule has 0 saturated heterocycles. The number of aliphatic imine (C=N–C) groups is 1. The number of carbonyl (C=O) groups is 1. The number of rotatable bonds is 12. The minimum absolute atomic E-state index is 0. The van der Waals surface area contributed by atoms with Gasteiger partial charge in [-0.05, 0) is 56.5 Å². The van der Waals surface area contributed by atoms with Crippen LogP contribution in [0.4, 0.5) is 5.69 Å². The Hall–Kier alpha value is -2.33. The second-order valence-corrected chi connectivity index (χ2v) is 7.41. The van der Waals surface area contributed by atoms with Gasteiger partial charge in [0.2, 0.25) is 5.91 Å². The predicted molar refractivity (Wildman–Crippen MR) is 146 cm³/mol. The highest BCUT2D eigenvalue weighted by atomic mass is 127. The number of halogens is 1. The molecule has 3 N–H and O–H groups in total. The van der Waals surface area contributed by atoms with Gasteiger partial charge >= 0.3 is 0 Å². The molecule has 0 atom stereocenters. The van der Waals surface area contributed by atoms with Crippen LogP contribution in [0.15, 0.2) is 47.5 Å². The first-order valence-corrected chi connectivity index (χ1v) is 11.2. The van der Waals surface area contributed by atoms with Crippen molar-refractivity contribution < 1.29 is 14.3 Å². The molecule has 0 unspecified atom stereocenters. The fraction of sp³-hybridized carbons (Fsp3) is 0.440. The molecular formula is C25H37IN4O3. The van der Waals surface area contributed by atoms with Gasteiger partial charge in [-0.2, -0.15) is 0 Å². The number of carbonyl (C=O) groups excluding carboxylic acids is 1. The van der Waals surface area contributed by atoms with Gasteiger partial charge in [-0.25, -0.2) is 4.99 Å². The maximum absolute atomic E-state index is 11.1. The van der Waals surface area contributed by atoms with E-state index in [4.69, 9.17) is 14.5 Å². The second kappa shape index (κ2) is 16.3. The van der Waals surface area contributed by atoms with E-state index in [0.717, 1.165) is 48.0 Å². The molecule has 0 aliphatic rings. The van der Waals surface area contributed by atoms with Crippen molar-refractivity contribution in [2.24, 2.45) is 4.99 Å². The van der Waals surface area contributed by atoms with E-state index < -0.39 is 0 Å². The van der Waals surface area contributed by atoms with E-state index >= 15 is 0 Å². The number of benzene rings is 2. The number of hydrogen-bond acceptors (Lipinski definition) is 4. The fourth-order valence-electron chi connectivity index (χ4n) is 3.07. The maximum atomic E-state index is 11.1. The first-order valence-electron chi connectivity index (χ1n) is 11.2. The quantitative estimate of drug-likeness (QED) is 0.154. The number of hydrogen-bond donors (Lipinski definition) is 3. The minimum atomic E-state index is -0.0673. The predicted octanol–water partition coefficient (Wildman–Crippen LogP) is 4.28. The molecule has 0 heterocycles. The molecule has 182 valence electrons. The summed E-state index contributed by atoms with van der Waals surface area (Å²) in [5.41, 5.74) is 4.18. The molecule has 0 aliphatic carbocycles. The molecule has 0 aliphatic heterocycles. The molecule has 0 spiro atoms. The van der Waals surface area contributed by atoms with Crippen LogP contribution >= 0.6 is 24.0 Å². The van der Waals surface area contributed by atoms with Crippen molar-refractivity contribution in [3.05, 3.63) is 59.2 Å². The van der Waals surface area contributed by atoms with Crippen LogP contribution in [0.1, 0.15) is 37.5 Å². The molecule has 2 aromatic carbocycles. The Morgan fingerprint density at radius 3 is 2.45 bits per heavy atom. The van der Waals surface area contributed by atoms with Crippen LogP contribution in [-0.4, -0.2) is 44.8 Å². The van der Waals surface area contributed by atoms with Crippen LogP contribution in [0.25, 0.3) is 0 Å². The van der Waals surface area contributed by atoms with Crippen molar-refractivity contribution in [2.75, 3.05) is 38.2 Å². The summed E-state index contributed by atoms with van der Waals surface area (Å²) in [5.74, 6) is 1.55. The first-order chi connectivity index (χ1) is 15.5. The minimum Gasteiger partial charge on any atom is -0.491 e. The van der Waals surface area contributed by atoms with E-state index in [1.165, 1.54) is 12.5 Å². The number of guanidine groups is 1. The molecular weight excluding hydrogens is 531 g/mol. The lowest BCUT2D eigenvalue weighted by Crippen LogP contribution is -2.38. The van der Waals surface area contributed by atoms with Gasteiger partial charge in [-0.1, -0.05) is 24.3 Å². The lowest BCUT2D eigenvalue weighted by atomic mass is 10.1. The first kappa shape index (κ1) is 28.7. The Kier molecular flexibility index (Phi) is 14.2. The van der Waals surface area contributed by atoms with Crippen LogP contribution in [0.2, 0.25) is 0 Å². The van der Waals surface area contributed by atoms with Crippen LogP contribution in [0.3, 0.4) is 0 Å². The summed E-state index contributed by atoms with van der Waals surface area (Å²) in [6, 6.07) is 14.1. The van der Waals surface area contributed by atoms with E-state index in [-0.39, 0.29) is 29.9 Å². The number of nitrogens with zero attached hydrogens (tertiary/aromatic N) is 1. The molecule has 2 aromatic rings. The van der Waals surface area contributed by atoms with Crippen LogP contribution in [0, 0.1) is 6.92 Å². The summed E-state index contributed by atoms with van der Waals surface area (Å²) in [4.78, 5) is 15.9. The van der Waals surface area contributed by atoms with E-state index in [0.29, 0.717) is 26.4 Å². The van der Waals surface area contributed by atoms with Crippen molar-refractivity contribution in [1.82, 2.24) is 10.6 Å². The van der Waals surface area contributed by atoms with E-state index in [2.05, 4.69) is 35.0 Å². The summed E-state index contributed by atoms with van der Waals surface area (Å²) in [7, 11) is 0. The highest BCUT2D eigenvalue weighted by Gasteiger charge is 2.06. The average molecular weight is 569 g/mol. The van der Waals surface area contributed by atoms with E-state index in [1.54, 1.807) is 0 Å². The van der Waals surface area contributed by atoms with Gasteiger partial charge in [0.05, 0.1) is 13.2 Å². The van der Waals surface area contributed by atoms with Gasteiger partial charge in [0.15, 0.2) is 5.96 Å². The van der Waals surface area contributed by atoms with Crippen molar-refractivity contribution in [3.8, 4) is 5.75 Å². The van der Waals surface area contributed by atoms with Gasteiger partial charge in [0.1, 0.15) is 12.4 Å². The largest absolute Gasteiger partial charge is 0.491 e. The zero-order chi connectivity index (χ0) is 23.2. The molecule has 0 radical (unpaired) electrons. The molecule has 7 nitrogen and oxygen atoms in total. The van der Waals surface area contributed by atoms with E-state index in [9.17, 15) is 4.79 Å². The van der Waals surface area contributed by atoms with Crippen LogP contribution < -0.4 is 20.7 Å². The van der Waals surface area contributed by atoms with E-state index in [1.807, 2.05) is 44.2 Å². The Labute approximate surface area is 214 Å². The highest BCUT2D eigenvalue weighted by molar-refractivity contribution is 14.0. The lowest BCUT2D eigenvalue weighted by Gasteiger charge is -2.14. The second-order valence-electron chi connectivity index (χ2n) is 7.41. The Morgan fingerprint density at radius 2 is 1.79 bits per heavy atom. The van der Waals surface area contributed by atoms with Crippen molar-refractivity contribution in [1.29, 1.82) is 0 Å². The molecule has 0 aromatic heterocycles. The molecule has 0 fully saturated rings. The number of nitrogens with one attached hydrogen (secondary N) is 3. The lowest BCUT2D eigenvalue weighted by molar-refractivity contribution is -0.114. The number of ether oxygens (including phenoxy) is 2. The third kappa shape index (κ3) is 11.4. The van der Waals surface area contributed by atoms with Crippen molar-refractivity contribution in [3.63, 3.8) is 0 Å². The van der Waals surface area contributed by atoms with Crippen LogP contribution in [0.5, 0.6) is 5.75 Å².